The minimum absolute atomic E-state index is 0.0131. The zero-order valence-corrected chi connectivity index (χ0v) is 40.9. The highest BCUT2D eigenvalue weighted by atomic mass is 32.2. The van der Waals surface area contributed by atoms with Crippen LogP contribution in [-0.2, 0) is 19.5 Å². The third kappa shape index (κ3) is 9.09. The second-order valence-electron chi connectivity index (χ2n) is 20.9. The predicted molar refractivity (Wildman–Crippen MR) is 269 cm³/mol. The molecule has 0 radical (unpaired) electrons. The summed E-state index contributed by atoms with van der Waals surface area (Å²) < 4.78 is 48.5. The summed E-state index contributed by atoms with van der Waals surface area (Å²) in [5.41, 5.74) is 5.99. The maximum atomic E-state index is 14.7. The Balaban J connectivity index is 0.873. The topological polar surface area (TPSA) is 184 Å². The van der Waals surface area contributed by atoms with Crippen LogP contribution in [0.2, 0.25) is 0 Å². The number of ether oxygens (including phenoxy) is 3. The van der Waals surface area contributed by atoms with Crippen molar-refractivity contribution in [2.24, 2.45) is 17.3 Å². The maximum Gasteiger partial charge on any atom is 0.293 e. The summed E-state index contributed by atoms with van der Waals surface area (Å²) in [6.45, 7) is 10.6. The molecule has 6 aliphatic rings. The Morgan fingerprint density at radius 1 is 0.943 bits per heavy atom. The van der Waals surface area contributed by atoms with E-state index in [0.29, 0.717) is 85.8 Å². The molecule has 70 heavy (non-hydrogen) atoms. The Bertz CT molecular complexity index is 2870. The molecule has 0 unspecified atom stereocenters. The number of fused-ring (bicyclic) bond motifs is 3. The minimum Gasteiger partial charge on any atom is -0.470 e. The van der Waals surface area contributed by atoms with Crippen LogP contribution in [0.4, 0.5) is 28.4 Å². The van der Waals surface area contributed by atoms with E-state index in [1.54, 1.807) is 6.07 Å². The average Bonchev–Trinajstić information content (AvgIpc) is 4.01. The first-order valence-corrected chi connectivity index (χ1v) is 26.8. The number of aromatic amines is 1. The molecular formula is C53H64N8O8S. The van der Waals surface area contributed by atoms with E-state index in [1.165, 1.54) is 48.9 Å². The highest BCUT2D eigenvalue weighted by Gasteiger charge is 2.50. The summed E-state index contributed by atoms with van der Waals surface area (Å²) in [4.78, 5) is 41.4. The van der Waals surface area contributed by atoms with E-state index in [4.69, 9.17) is 19.2 Å². The zero-order chi connectivity index (χ0) is 48.1. The number of rotatable bonds is 12. The van der Waals surface area contributed by atoms with Gasteiger partial charge in [-0.25, -0.2) is 13.1 Å². The Labute approximate surface area is 409 Å². The molecule has 3 N–H and O–H groups in total. The smallest absolute Gasteiger partial charge is 0.293 e. The molecule has 5 aliphatic heterocycles. The van der Waals surface area contributed by atoms with Crippen molar-refractivity contribution >= 4 is 55.4 Å². The number of carbonyl (C=O) groups is 1. The first-order chi connectivity index (χ1) is 33.9. The molecule has 5 aromatic rings. The first kappa shape index (κ1) is 46.6. The lowest BCUT2D eigenvalue weighted by molar-refractivity contribution is -0.384. The Morgan fingerprint density at radius 2 is 1.74 bits per heavy atom. The Kier molecular flexibility index (Phi) is 12.7. The number of nitrogens with one attached hydrogen (secondary N) is 3. The van der Waals surface area contributed by atoms with Gasteiger partial charge in [-0.15, -0.1) is 0 Å². The molecule has 16 nitrogen and oxygen atoms in total. The molecule has 1 amide bonds. The fraction of sp³-hybridized carbons (Fsp3) is 0.509. The number of anilines is 4. The lowest BCUT2D eigenvalue weighted by atomic mass is 9.59. The number of H-pyrrole nitrogens is 1. The normalized spacial score (nSPS) is 23.1. The largest absolute Gasteiger partial charge is 0.470 e. The van der Waals surface area contributed by atoms with Gasteiger partial charge in [0, 0.05) is 87.3 Å². The van der Waals surface area contributed by atoms with Gasteiger partial charge in [-0.1, -0.05) is 38.1 Å². The van der Waals surface area contributed by atoms with Crippen molar-refractivity contribution in [3.05, 3.63) is 106 Å². The van der Waals surface area contributed by atoms with Gasteiger partial charge in [-0.05, 0) is 135 Å². The van der Waals surface area contributed by atoms with E-state index < -0.39 is 26.5 Å². The van der Waals surface area contributed by atoms with Crippen LogP contribution in [0, 0.1) is 27.4 Å². The van der Waals surface area contributed by atoms with Gasteiger partial charge in [-0.3, -0.25) is 19.8 Å². The number of hydrogen-bond donors (Lipinski definition) is 3. The number of piperidine rings is 1. The van der Waals surface area contributed by atoms with Crippen LogP contribution in [0.5, 0.6) is 5.88 Å². The van der Waals surface area contributed by atoms with E-state index in [-0.39, 0.29) is 34.1 Å². The van der Waals surface area contributed by atoms with Gasteiger partial charge in [0.25, 0.3) is 21.6 Å². The fourth-order valence-electron chi connectivity index (χ4n) is 12.3. The van der Waals surface area contributed by atoms with E-state index in [1.807, 2.05) is 30.5 Å². The Morgan fingerprint density at radius 3 is 2.54 bits per heavy atom. The lowest BCUT2D eigenvalue weighted by Gasteiger charge is -2.56. The number of hydrogen-bond acceptors (Lipinski definition) is 13. The van der Waals surface area contributed by atoms with E-state index in [9.17, 15) is 23.3 Å². The molecule has 5 fully saturated rings. The standard InChI is InChI=1S/C53H64N8O8S/c1-34(2)41-6-3-4-7-42(41)45-8-5-20-59(45)39-29-53(30-39)17-21-58(22-18-53)38-9-11-43(46(27-38)60-32-37-16-25-68-33-49(37)69-52-48(60)26-36-13-19-54-50(36)56-52)51(62)57-70(65,66)40-10-12-44(47(28-40)61(63)64)55-31-35-14-23-67-24-15-35/h3-4,6-7,9-13,19,26-28,34-35,37,39,45,49,55H,5,8,14-18,20-25,29-33H2,1-2H3,(H,54,56)(H,57,62)/t37-,45-,49+/m0/s1. The van der Waals surface area contributed by atoms with Crippen LogP contribution < -0.4 is 24.6 Å². The quantitative estimate of drug-likeness (QED) is 0.0796. The minimum atomic E-state index is -4.59. The van der Waals surface area contributed by atoms with Crippen LogP contribution in [-0.4, -0.2) is 105 Å². The summed E-state index contributed by atoms with van der Waals surface area (Å²) in [6, 6.07) is 23.4. The molecule has 1 spiro atoms. The number of nitro benzene ring substituents is 1. The summed E-state index contributed by atoms with van der Waals surface area (Å²) >= 11 is 0. The molecule has 1 aliphatic carbocycles. The van der Waals surface area contributed by atoms with Crippen molar-refractivity contribution in [3.63, 3.8) is 0 Å². The molecule has 1 saturated carbocycles. The third-order valence-corrected chi connectivity index (χ3v) is 17.6. The van der Waals surface area contributed by atoms with Gasteiger partial charge in [0.1, 0.15) is 23.1 Å². The number of amides is 1. The maximum absolute atomic E-state index is 14.7. The molecule has 7 heterocycles. The van der Waals surface area contributed by atoms with Crippen LogP contribution in [0.15, 0.2) is 83.9 Å². The summed E-state index contributed by atoms with van der Waals surface area (Å²) in [5.74, 6) is 0.314. The molecule has 370 valence electrons. The molecule has 4 saturated heterocycles. The average molecular weight is 973 g/mol. The highest BCUT2D eigenvalue weighted by Crippen LogP contribution is 2.54. The molecular weight excluding hydrogens is 909 g/mol. The molecule has 3 aromatic carbocycles. The number of likely N-dealkylation sites (tertiary alicyclic amines) is 1. The number of benzene rings is 3. The monoisotopic (exact) mass is 972 g/mol. The van der Waals surface area contributed by atoms with Crippen molar-refractivity contribution < 1.29 is 32.3 Å². The second-order valence-corrected chi connectivity index (χ2v) is 22.5. The summed E-state index contributed by atoms with van der Waals surface area (Å²) in [6.07, 6.45) is 10.9. The molecule has 2 aromatic heterocycles. The number of aromatic nitrogens is 2. The van der Waals surface area contributed by atoms with Crippen LogP contribution in [0.25, 0.3) is 11.0 Å². The van der Waals surface area contributed by atoms with Crippen LogP contribution in [0.1, 0.15) is 105 Å². The van der Waals surface area contributed by atoms with Crippen LogP contribution in [0.3, 0.4) is 0 Å². The summed E-state index contributed by atoms with van der Waals surface area (Å²) in [7, 11) is -4.59. The third-order valence-electron chi connectivity index (χ3n) is 16.3. The van der Waals surface area contributed by atoms with E-state index >= 15 is 0 Å². The van der Waals surface area contributed by atoms with Gasteiger partial charge in [0.15, 0.2) is 0 Å². The van der Waals surface area contributed by atoms with Crippen molar-refractivity contribution in [2.45, 2.75) is 101 Å². The second kappa shape index (κ2) is 19.1. The molecule has 17 heteroatoms. The van der Waals surface area contributed by atoms with Gasteiger partial charge < -0.3 is 34.3 Å². The van der Waals surface area contributed by atoms with Gasteiger partial charge in [-0.2, -0.15) is 4.98 Å². The van der Waals surface area contributed by atoms with Gasteiger partial charge in [0.05, 0.1) is 27.7 Å². The van der Waals surface area contributed by atoms with Gasteiger partial charge >= 0.3 is 0 Å². The predicted octanol–water partition coefficient (Wildman–Crippen LogP) is 9.07. The SMILES string of the molecule is CC(C)c1ccccc1[C@@H]1CCCN1C1CC2(CCN(c3ccc(C(=O)NS(=O)(=O)c4ccc(NCC5CCOCC5)c([N+](=O)[O-])c4)c(N4C[C@@H]5CCOC[C@H]5Oc5nc6[nH]ccc6cc54)c3)CC2)C1. The summed E-state index contributed by atoms with van der Waals surface area (Å²) in [5, 5.41) is 16.3. The van der Waals surface area contributed by atoms with E-state index in [0.717, 1.165) is 68.9 Å². The zero-order valence-electron chi connectivity index (χ0n) is 40.1. The number of sulfonamides is 1. The van der Waals surface area contributed by atoms with Crippen molar-refractivity contribution in [1.82, 2.24) is 19.6 Å². The van der Waals surface area contributed by atoms with Crippen molar-refractivity contribution in [3.8, 4) is 5.88 Å². The number of nitrogens with zero attached hydrogens (tertiary/aromatic N) is 5. The van der Waals surface area contributed by atoms with Crippen LogP contribution >= 0.6 is 0 Å². The van der Waals surface area contributed by atoms with Crippen molar-refractivity contribution in [2.75, 3.05) is 74.3 Å². The lowest BCUT2D eigenvalue weighted by Crippen LogP contribution is -2.55. The molecule has 0 bridgehead atoms. The number of pyridine rings is 1. The molecule has 3 atom stereocenters. The number of carbonyl (C=O) groups excluding carboxylic acids is 1. The number of nitro groups is 1. The highest BCUT2D eigenvalue weighted by molar-refractivity contribution is 7.90. The Hall–Kier alpha value is -5.75. The van der Waals surface area contributed by atoms with E-state index in [2.05, 4.69) is 67.8 Å². The van der Waals surface area contributed by atoms with Crippen molar-refractivity contribution in [1.29, 1.82) is 0 Å². The first-order valence-electron chi connectivity index (χ1n) is 25.3. The molecule has 11 rings (SSSR count). The van der Waals surface area contributed by atoms with Gasteiger partial charge in [0.2, 0.25) is 5.88 Å². The fourth-order valence-corrected chi connectivity index (χ4v) is 13.3.